The van der Waals surface area contributed by atoms with E-state index in [4.69, 9.17) is 4.42 Å². The van der Waals surface area contributed by atoms with Crippen LogP contribution in [0.1, 0.15) is 27.8 Å². The standard InChI is InChI=1S/C24H23NO/c1-14-6-15(2)10-19(9-14)21-11-20-12-22(26-23(20)13-25-21)24-17(4)7-16(3)8-18(24)5/h6-13H,1-5H3. The molecule has 26 heavy (non-hydrogen) atoms. The van der Waals surface area contributed by atoms with Crippen molar-refractivity contribution in [3.8, 4) is 22.6 Å². The third-order valence-corrected chi connectivity index (χ3v) is 4.85. The molecule has 130 valence electrons. The Morgan fingerprint density at radius 1 is 0.692 bits per heavy atom. The van der Waals surface area contributed by atoms with Crippen LogP contribution >= 0.6 is 0 Å². The van der Waals surface area contributed by atoms with Crippen molar-refractivity contribution in [2.75, 3.05) is 0 Å². The molecule has 4 aromatic rings. The van der Waals surface area contributed by atoms with E-state index < -0.39 is 0 Å². The van der Waals surface area contributed by atoms with E-state index in [9.17, 15) is 0 Å². The third-order valence-electron chi connectivity index (χ3n) is 4.85. The van der Waals surface area contributed by atoms with Gasteiger partial charge in [-0.15, -0.1) is 0 Å². The van der Waals surface area contributed by atoms with Crippen LogP contribution in [0.15, 0.2) is 53.1 Å². The van der Waals surface area contributed by atoms with Gasteiger partial charge in [-0.05, 0) is 70.0 Å². The number of pyridine rings is 1. The van der Waals surface area contributed by atoms with Crippen molar-refractivity contribution in [1.29, 1.82) is 0 Å². The van der Waals surface area contributed by atoms with Gasteiger partial charge in [-0.25, -0.2) is 0 Å². The molecule has 2 heterocycles. The third kappa shape index (κ3) is 2.92. The molecule has 0 aliphatic carbocycles. The smallest absolute Gasteiger partial charge is 0.153 e. The summed E-state index contributed by atoms with van der Waals surface area (Å²) in [5.74, 6) is 0.911. The highest BCUT2D eigenvalue weighted by molar-refractivity contribution is 5.86. The lowest BCUT2D eigenvalue weighted by molar-refractivity contribution is 0.629. The fourth-order valence-electron chi connectivity index (χ4n) is 3.92. The minimum Gasteiger partial charge on any atom is -0.454 e. The Balaban J connectivity index is 1.84. The highest BCUT2D eigenvalue weighted by Gasteiger charge is 2.13. The molecule has 2 aromatic carbocycles. The van der Waals surface area contributed by atoms with E-state index in [1.54, 1.807) is 0 Å². The van der Waals surface area contributed by atoms with Gasteiger partial charge < -0.3 is 4.42 Å². The van der Waals surface area contributed by atoms with Crippen molar-refractivity contribution in [1.82, 2.24) is 4.98 Å². The Bertz CT molecular complexity index is 1090. The number of aromatic nitrogens is 1. The summed E-state index contributed by atoms with van der Waals surface area (Å²) in [7, 11) is 0. The molecule has 0 N–H and O–H groups in total. The van der Waals surface area contributed by atoms with Crippen molar-refractivity contribution >= 4 is 11.0 Å². The number of aryl methyl sites for hydroxylation is 5. The van der Waals surface area contributed by atoms with Crippen LogP contribution in [0.5, 0.6) is 0 Å². The number of hydrogen-bond acceptors (Lipinski definition) is 2. The first-order valence-corrected chi connectivity index (χ1v) is 8.97. The monoisotopic (exact) mass is 341 g/mol. The zero-order chi connectivity index (χ0) is 18.4. The molecule has 0 atom stereocenters. The Hall–Kier alpha value is -2.87. The van der Waals surface area contributed by atoms with Gasteiger partial charge in [-0.2, -0.15) is 0 Å². The summed E-state index contributed by atoms with van der Waals surface area (Å²) in [6.45, 7) is 10.6. The molecule has 4 rings (SSSR count). The summed E-state index contributed by atoms with van der Waals surface area (Å²) in [5, 5.41) is 1.09. The van der Waals surface area contributed by atoms with E-state index in [0.717, 1.165) is 28.0 Å². The van der Waals surface area contributed by atoms with Gasteiger partial charge in [-0.3, -0.25) is 4.98 Å². The molecule has 2 nitrogen and oxygen atoms in total. The van der Waals surface area contributed by atoms with Gasteiger partial charge in [0.1, 0.15) is 5.76 Å². The zero-order valence-electron chi connectivity index (χ0n) is 16.0. The van der Waals surface area contributed by atoms with Crippen molar-refractivity contribution in [3.63, 3.8) is 0 Å². The van der Waals surface area contributed by atoms with Crippen LogP contribution in [0.4, 0.5) is 0 Å². The average Bonchev–Trinajstić information content (AvgIpc) is 2.95. The van der Waals surface area contributed by atoms with Gasteiger partial charge in [0.2, 0.25) is 0 Å². The fourth-order valence-corrected chi connectivity index (χ4v) is 3.92. The van der Waals surface area contributed by atoms with Crippen LogP contribution in [0.3, 0.4) is 0 Å². The van der Waals surface area contributed by atoms with E-state index in [-0.39, 0.29) is 0 Å². The molecule has 0 aliphatic heterocycles. The van der Waals surface area contributed by atoms with E-state index in [0.29, 0.717) is 0 Å². The highest BCUT2D eigenvalue weighted by Crippen LogP contribution is 2.34. The summed E-state index contributed by atoms with van der Waals surface area (Å²) in [6.07, 6.45) is 1.84. The lowest BCUT2D eigenvalue weighted by atomic mass is 9.98. The van der Waals surface area contributed by atoms with Crippen LogP contribution in [0, 0.1) is 34.6 Å². The van der Waals surface area contributed by atoms with Gasteiger partial charge in [-0.1, -0.05) is 34.9 Å². The number of fused-ring (bicyclic) bond motifs is 1. The summed E-state index contributed by atoms with van der Waals surface area (Å²) in [5.41, 5.74) is 10.4. The van der Waals surface area contributed by atoms with Gasteiger partial charge in [0.25, 0.3) is 0 Å². The summed E-state index contributed by atoms with van der Waals surface area (Å²) >= 11 is 0. The lowest BCUT2D eigenvalue weighted by Gasteiger charge is -2.08. The Labute approximate surface area is 154 Å². The molecule has 0 saturated carbocycles. The van der Waals surface area contributed by atoms with Crippen molar-refractivity contribution < 1.29 is 4.42 Å². The quantitative estimate of drug-likeness (QED) is 0.405. The maximum absolute atomic E-state index is 6.13. The fraction of sp³-hybridized carbons (Fsp3) is 0.208. The Morgan fingerprint density at radius 3 is 1.96 bits per heavy atom. The minimum atomic E-state index is 0.826. The summed E-state index contributed by atoms with van der Waals surface area (Å²) in [6, 6.07) is 15.2. The van der Waals surface area contributed by atoms with Crippen LogP contribution in [-0.4, -0.2) is 4.98 Å². The SMILES string of the molecule is Cc1cc(C)cc(-c2cc3cc(-c4c(C)cc(C)cc4C)oc3cn2)c1. The van der Waals surface area contributed by atoms with E-state index in [1.165, 1.54) is 33.4 Å². The number of nitrogens with zero attached hydrogens (tertiary/aromatic N) is 1. The summed E-state index contributed by atoms with van der Waals surface area (Å²) < 4.78 is 6.13. The topological polar surface area (TPSA) is 26.0 Å². The highest BCUT2D eigenvalue weighted by atomic mass is 16.3. The van der Waals surface area contributed by atoms with Crippen molar-refractivity contribution in [2.45, 2.75) is 34.6 Å². The molecular weight excluding hydrogens is 318 g/mol. The van der Waals surface area contributed by atoms with Crippen LogP contribution < -0.4 is 0 Å². The van der Waals surface area contributed by atoms with Gasteiger partial charge in [0, 0.05) is 16.5 Å². The normalized spacial score (nSPS) is 11.3. The largest absolute Gasteiger partial charge is 0.454 e. The summed E-state index contributed by atoms with van der Waals surface area (Å²) in [4.78, 5) is 4.63. The zero-order valence-corrected chi connectivity index (χ0v) is 16.0. The molecule has 2 heteroatoms. The molecule has 0 fully saturated rings. The minimum absolute atomic E-state index is 0.826. The second-order valence-electron chi connectivity index (χ2n) is 7.37. The molecular formula is C24H23NO. The van der Waals surface area contributed by atoms with Gasteiger partial charge >= 0.3 is 0 Å². The van der Waals surface area contributed by atoms with E-state index >= 15 is 0 Å². The molecule has 0 unspecified atom stereocenters. The van der Waals surface area contributed by atoms with Gasteiger partial charge in [0.15, 0.2) is 5.58 Å². The Morgan fingerprint density at radius 2 is 1.31 bits per heavy atom. The maximum Gasteiger partial charge on any atom is 0.153 e. The molecule has 0 saturated heterocycles. The molecule has 0 radical (unpaired) electrons. The van der Waals surface area contributed by atoms with Crippen molar-refractivity contribution in [2.24, 2.45) is 0 Å². The Kier molecular flexibility index (Phi) is 3.91. The van der Waals surface area contributed by atoms with Gasteiger partial charge in [0.05, 0.1) is 11.9 Å². The van der Waals surface area contributed by atoms with Crippen LogP contribution in [-0.2, 0) is 0 Å². The second kappa shape index (κ2) is 6.14. The first-order chi connectivity index (χ1) is 12.4. The predicted molar refractivity (Wildman–Crippen MR) is 109 cm³/mol. The molecule has 0 amide bonds. The molecule has 0 bridgehead atoms. The number of benzene rings is 2. The van der Waals surface area contributed by atoms with Crippen LogP contribution in [0.25, 0.3) is 33.6 Å². The molecule has 2 aromatic heterocycles. The first kappa shape index (κ1) is 16.6. The van der Waals surface area contributed by atoms with Crippen LogP contribution in [0.2, 0.25) is 0 Å². The number of furan rings is 1. The number of rotatable bonds is 2. The molecule has 0 spiro atoms. The number of hydrogen-bond donors (Lipinski definition) is 0. The van der Waals surface area contributed by atoms with Crippen molar-refractivity contribution in [3.05, 3.63) is 76.5 Å². The second-order valence-corrected chi connectivity index (χ2v) is 7.37. The van der Waals surface area contributed by atoms with E-state index in [1.807, 2.05) is 6.20 Å². The predicted octanol–water partition coefficient (Wildman–Crippen LogP) is 6.70. The molecule has 0 aliphatic rings. The van der Waals surface area contributed by atoms with E-state index in [2.05, 4.69) is 82.1 Å². The first-order valence-electron chi connectivity index (χ1n) is 8.97. The maximum atomic E-state index is 6.13. The lowest BCUT2D eigenvalue weighted by Crippen LogP contribution is -1.88. The average molecular weight is 341 g/mol.